The molecule has 1 N–H and O–H groups in total. The lowest BCUT2D eigenvalue weighted by atomic mass is 9.47. The third-order valence-electron chi connectivity index (χ3n) is 2.82. The van der Waals surface area contributed by atoms with Crippen molar-refractivity contribution < 1.29 is 23.5 Å². The fourth-order valence-corrected chi connectivity index (χ4v) is 3.17. The van der Waals surface area contributed by atoms with E-state index in [0.29, 0.717) is 6.61 Å². The van der Waals surface area contributed by atoms with Crippen molar-refractivity contribution in [1.82, 2.24) is 0 Å². The van der Waals surface area contributed by atoms with Crippen LogP contribution >= 0.6 is 17.4 Å². The first-order chi connectivity index (χ1) is 7.47. The monoisotopic (exact) mass is 266 g/mol. The van der Waals surface area contributed by atoms with Crippen LogP contribution in [-0.2, 0) is 18.6 Å². The van der Waals surface area contributed by atoms with E-state index in [1.807, 2.05) is 14.7 Å². The Morgan fingerprint density at radius 3 is 2.75 bits per heavy atom. The van der Waals surface area contributed by atoms with E-state index in [2.05, 4.69) is 9.12 Å². The second kappa shape index (κ2) is 6.53. The Morgan fingerprint density at radius 2 is 2.31 bits per heavy atom. The minimum atomic E-state index is -2.94. The summed E-state index contributed by atoms with van der Waals surface area (Å²) >= 11 is 0. The summed E-state index contributed by atoms with van der Waals surface area (Å²) in [6.45, 7) is 2.34. The summed E-state index contributed by atoms with van der Waals surface area (Å²) in [5.74, 6) is 0.0775. The molecule has 1 saturated heterocycles. The Morgan fingerprint density at radius 1 is 1.69 bits per heavy atom. The summed E-state index contributed by atoms with van der Waals surface area (Å²) in [6.07, 6.45) is -0.373. The van der Waals surface area contributed by atoms with E-state index in [4.69, 9.17) is 18.9 Å². The zero-order valence-electron chi connectivity index (χ0n) is 9.75. The molecule has 1 aliphatic rings. The molecule has 0 aromatic heterocycles. The smallest absolute Gasteiger partial charge is 0.316 e. The molecular formula is C7H18B2O5P2. The number of ether oxygens (including phenoxy) is 2. The average molecular weight is 266 g/mol. The third kappa shape index (κ3) is 3.56. The molecule has 0 aromatic rings. The standard InChI is InChI=1S/C7H18B2O5P2/c1-4-6(14-16(10)11)5(3-12-2)13-7(4)9(8)15/h4-7,16H,3,8,15H2,1-2H3,(H,10,11)/t4-,5-,6+,7-/m1/s1. The molecule has 92 valence electrons. The van der Waals surface area contributed by atoms with Crippen molar-refractivity contribution in [1.29, 1.82) is 0 Å². The Bertz CT molecular complexity index is 255. The van der Waals surface area contributed by atoms with Gasteiger partial charge in [-0.25, -0.2) is 0 Å². The average Bonchev–Trinajstić information content (AvgIpc) is 2.46. The van der Waals surface area contributed by atoms with Gasteiger partial charge in [0.1, 0.15) is 6.10 Å². The van der Waals surface area contributed by atoms with Crippen LogP contribution in [0.25, 0.3) is 0 Å². The molecule has 0 spiro atoms. The highest BCUT2D eigenvalue weighted by molar-refractivity contribution is 7.72. The van der Waals surface area contributed by atoms with Crippen molar-refractivity contribution in [2.45, 2.75) is 25.1 Å². The molecule has 0 amide bonds. The van der Waals surface area contributed by atoms with Crippen LogP contribution in [0.1, 0.15) is 6.92 Å². The van der Waals surface area contributed by atoms with Gasteiger partial charge < -0.3 is 18.9 Å². The molecule has 0 bridgehead atoms. The number of hydrogen-bond acceptors (Lipinski definition) is 4. The van der Waals surface area contributed by atoms with E-state index in [1.54, 1.807) is 7.11 Å². The van der Waals surface area contributed by atoms with Crippen LogP contribution in [0.2, 0.25) is 0 Å². The summed E-state index contributed by atoms with van der Waals surface area (Å²) < 4.78 is 26.7. The van der Waals surface area contributed by atoms with Crippen molar-refractivity contribution >= 4 is 31.4 Å². The maximum absolute atomic E-state index is 10.8. The molecule has 6 atom stereocenters. The number of methoxy groups -OCH3 is 1. The molecule has 1 heterocycles. The molecule has 1 rings (SSSR count). The lowest BCUT2D eigenvalue weighted by molar-refractivity contribution is -0.0117. The molecule has 16 heavy (non-hydrogen) atoms. The summed E-state index contributed by atoms with van der Waals surface area (Å²) in [5.41, 5.74) is 0. The predicted molar refractivity (Wildman–Crippen MR) is 69.8 cm³/mol. The Labute approximate surface area is 100 Å². The van der Waals surface area contributed by atoms with Crippen LogP contribution in [-0.4, -0.2) is 50.9 Å². The molecule has 0 radical (unpaired) electrons. The van der Waals surface area contributed by atoms with Gasteiger partial charge in [0.15, 0.2) is 6.32 Å². The fourth-order valence-electron chi connectivity index (χ4n) is 2.13. The molecule has 1 fully saturated rings. The van der Waals surface area contributed by atoms with Crippen molar-refractivity contribution in [3.63, 3.8) is 0 Å². The maximum atomic E-state index is 10.8. The van der Waals surface area contributed by atoms with E-state index in [9.17, 15) is 4.57 Å². The Balaban J connectivity index is 2.71. The van der Waals surface area contributed by atoms with Crippen molar-refractivity contribution in [2.24, 2.45) is 5.92 Å². The van der Waals surface area contributed by atoms with Gasteiger partial charge >= 0.3 is 8.25 Å². The highest BCUT2D eigenvalue weighted by Crippen LogP contribution is 2.36. The largest absolute Gasteiger partial charge is 0.382 e. The first-order valence-corrected chi connectivity index (χ1v) is 7.20. The van der Waals surface area contributed by atoms with E-state index in [-0.39, 0.29) is 30.5 Å². The van der Waals surface area contributed by atoms with Crippen molar-refractivity contribution in [3.8, 4) is 0 Å². The van der Waals surface area contributed by atoms with Gasteiger partial charge in [0.2, 0.25) is 0 Å². The van der Waals surface area contributed by atoms with E-state index >= 15 is 0 Å². The first kappa shape index (κ1) is 14.7. The quantitative estimate of drug-likeness (QED) is 0.528. The minimum Gasteiger partial charge on any atom is -0.382 e. The highest BCUT2D eigenvalue weighted by atomic mass is 31.1. The van der Waals surface area contributed by atoms with Crippen LogP contribution in [0.4, 0.5) is 0 Å². The lowest BCUT2D eigenvalue weighted by Crippen LogP contribution is -2.33. The SMILES string of the molecule is BB(P)[C@@H]1O[C@H](COC)[C@@H](O[PH](=O)O)[C@H]1C. The van der Waals surface area contributed by atoms with E-state index < -0.39 is 8.25 Å². The predicted octanol–water partition coefficient (Wildman–Crippen LogP) is -0.661. The summed E-state index contributed by atoms with van der Waals surface area (Å²) in [7, 11) is 3.35. The summed E-state index contributed by atoms with van der Waals surface area (Å²) in [5, 5.41) is 0. The normalized spacial score (nSPS) is 36.2. The minimum absolute atomic E-state index is 0.0106. The topological polar surface area (TPSA) is 65.0 Å². The molecule has 0 saturated carbocycles. The highest BCUT2D eigenvalue weighted by Gasteiger charge is 2.44. The molecule has 0 aliphatic carbocycles. The maximum Gasteiger partial charge on any atom is 0.316 e. The van der Waals surface area contributed by atoms with Gasteiger partial charge in [0.25, 0.3) is 0 Å². The van der Waals surface area contributed by atoms with Crippen LogP contribution < -0.4 is 0 Å². The van der Waals surface area contributed by atoms with Gasteiger partial charge in [0, 0.05) is 19.0 Å². The molecule has 2 unspecified atom stereocenters. The van der Waals surface area contributed by atoms with Gasteiger partial charge in [-0.1, -0.05) is 6.92 Å². The molecule has 5 nitrogen and oxygen atoms in total. The van der Waals surface area contributed by atoms with Crippen LogP contribution in [0, 0.1) is 5.92 Å². The Hall–Kier alpha value is 0.630. The zero-order chi connectivity index (χ0) is 12.3. The Kier molecular flexibility index (Phi) is 6.00. The molecule has 9 heteroatoms. The van der Waals surface area contributed by atoms with Crippen LogP contribution in [0.3, 0.4) is 0 Å². The van der Waals surface area contributed by atoms with Gasteiger partial charge in [-0.05, 0) is 0 Å². The van der Waals surface area contributed by atoms with Gasteiger partial charge in [-0.15, -0.1) is 0 Å². The van der Waals surface area contributed by atoms with E-state index in [0.717, 1.165) is 0 Å². The van der Waals surface area contributed by atoms with Crippen LogP contribution in [0.15, 0.2) is 0 Å². The van der Waals surface area contributed by atoms with Crippen LogP contribution in [0.5, 0.6) is 0 Å². The van der Waals surface area contributed by atoms with Gasteiger partial charge in [0.05, 0.1) is 20.4 Å². The molecule has 0 aromatic carbocycles. The van der Waals surface area contributed by atoms with Gasteiger partial charge in [-0.3, -0.25) is 4.57 Å². The fraction of sp³-hybridized carbons (Fsp3) is 1.00. The zero-order valence-corrected chi connectivity index (χ0v) is 11.9. The second-order valence-electron chi connectivity index (χ2n) is 4.16. The third-order valence-corrected chi connectivity index (χ3v) is 3.67. The van der Waals surface area contributed by atoms with Crippen molar-refractivity contribution in [3.05, 3.63) is 0 Å². The molecular weight excluding hydrogens is 248 g/mol. The number of rotatable bonds is 5. The van der Waals surface area contributed by atoms with E-state index in [1.165, 1.54) is 0 Å². The first-order valence-electron chi connectivity index (χ1n) is 5.27. The molecule has 1 aliphatic heterocycles. The lowest BCUT2D eigenvalue weighted by Gasteiger charge is -2.19. The second-order valence-corrected chi connectivity index (χ2v) is 5.98. The van der Waals surface area contributed by atoms with Crippen molar-refractivity contribution in [2.75, 3.05) is 13.7 Å². The summed E-state index contributed by atoms with van der Waals surface area (Å²) in [4.78, 5) is 8.86. The summed E-state index contributed by atoms with van der Waals surface area (Å²) in [6, 6.07) is 0.0106. The van der Waals surface area contributed by atoms with Gasteiger partial charge in [-0.2, -0.15) is 9.12 Å². The number of hydrogen-bond donors (Lipinski definition) is 1.